The Labute approximate surface area is 125 Å². The number of fused-ring (bicyclic) bond motifs is 2. The average Bonchev–Trinajstić information content (AvgIpc) is 2.55. The number of nitrogens with one attached hydrogen (secondary N) is 1. The van der Waals surface area contributed by atoms with Gasteiger partial charge in [0, 0.05) is 31.3 Å². The number of rotatable bonds is 2. The van der Waals surface area contributed by atoms with Crippen molar-refractivity contribution in [3.8, 4) is 0 Å². The molecule has 1 aliphatic carbocycles. The third-order valence-corrected chi connectivity index (χ3v) is 4.74. The molecule has 1 fully saturated rings. The van der Waals surface area contributed by atoms with Crippen LogP contribution in [0.25, 0.3) is 0 Å². The van der Waals surface area contributed by atoms with Gasteiger partial charge in [-0.25, -0.2) is 4.98 Å². The minimum atomic E-state index is 0.463. The molecular weight excluding hydrogens is 260 g/mol. The second-order valence-electron chi connectivity index (χ2n) is 6.01. The van der Waals surface area contributed by atoms with Gasteiger partial charge in [-0.2, -0.15) is 4.98 Å². The molecule has 1 N–H and O–H groups in total. The van der Waals surface area contributed by atoms with Gasteiger partial charge in [0.25, 0.3) is 0 Å². The normalized spacial score (nSPS) is 23.0. The lowest BCUT2D eigenvalue weighted by Crippen LogP contribution is -2.43. The van der Waals surface area contributed by atoms with Crippen molar-refractivity contribution in [3.63, 3.8) is 0 Å². The molecule has 1 aromatic carbocycles. The molecule has 2 atom stereocenters. The van der Waals surface area contributed by atoms with Gasteiger partial charge in [0.15, 0.2) is 0 Å². The minimum Gasteiger partial charge on any atom is -0.357 e. The van der Waals surface area contributed by atoms with Crippen LogP contribution in [0.4, 0.5) is 11.8 Å². The Morgan fingerprint density at radius 1 is 1.14 bits per heavy atom. The maximum absolute atomic E-state index is 4.67. The molecule has 2 aromatic rings. The molecule has 5 rings (SSSR count). The predicted molar refractivity (Wildman–Crippen MR) is 84.8 cm³/mol. The van der Waals surface area contributed by atoms with Crippen LogP contribution in [0.15, 0.2) is 30.3 Å². The van der Waals surface area contributed by atoms with E-state index in [1.54, 1.807) is 5.56 Å². The first kappa shape index (κ1) is 12.6. The van der Waals surface area contributed by atoms with Gasteiger partial charge in [0.2, 0.25) is 5.95 Å². The number of nitrogens with zero attached hydrogens (tertiary/aromatic N) is 3. The molecule has 2 bridgehead atoms. The molecule has 3 heterocycles. The maximum atomic E-state index is 4.67. The molecule has 0 unspecified atom stereocenters. The average molecular weight is 280 g/mol. The summed E-state index contributed by atoms with van der Waals surface area (Å²) in [6, 6.07) is 11.5. The first-order valence-corrected chi connectivity index (χ1v) is 7.65. The summed E-state index contributed by atoms with van der Waals surface area (Å²) in [4.78, 5) is 11.5. The highest BCUT2D eigenvalue weighted by Crippen LogP contribution is 2.47. The van der Waals surface area contributed by atoms with Crippen molar-refractivity contribution in [1.29, 1.82) is 0 Å². The van der Waals surface area contributed by atoms with E-state index >= 15 is 0 Å². The Hall–Kier alpha value is -2.10. The van der Waals surface area contributed by atoms with E-state index in [1.165, 1.54) is 18.4 Å². The zero-order valence-corrected chi connectivity index (χ0v) is 12.5. The molecule has 3 aliphatic rings. The van der Waals surface area contributed by atoms with Gasteiger partial charge in [0.05, 0.1) is 6.04 Å². The van der Waals surface area contributed by atoms with E-state index in [1.807, 2.05) is 14.0 Å². The van der Waals surface area contributed by atoms with Crippen LogP contribution in [0.2, 0.25) is 0 Å². The molecule has 4 nitrogen and oxygen atoms in total. The number of hydrogen-bond donors (Lipinski definition) is 1. The second-order valence-corrected chi connectivity index (χ2v) is 6.01. The topological polar surface area (TPSA) is 41.1 Å². The quantitative estimate of drug-likeness (QED) is 0.916. The summed E-state index contributed by atoms with van der Waals surface area (Å²) in [6.45, 7) is 3.10. The molecule has 2 aliphatic heterocycles. The minimum absolute atomic E-state index is 0.463. The molecule has 1 saturated heterocycles. The van der Waals surface area contributed by atoms with Crippen LogP contribution in [0, 0.1) is 6.92 Å². The molecular formula is C17H20N4. The Kier molecular flexibility index (Phi) is 2.84. The van der Waals surface area contributed by atoms with Gasteiger partial charge < -0.3 is 10.2 Å². The molecule has 0 amide bonds. The van der Waals surface area contributed by atoms with Gasteiger partial charge in [-0.15, -0.1) is 0 Å². The van der Waals surface area contributed by atoms with Crippen LogP contribution in [-0.4, -0.2) is 23.6 Å². The van der Waals surface area contributed by atoms with Crippen LogP contribution in [0.3, 0.4) is 0 Å². The van der Waals surface area contributed by atoms with Crippen molar-refractivity contribution in [2.45, 2.75) is 31.7 Å². The first-order valence-electron chi connectivity index (χ1n) is 7.65. The Balaban J connectivity index is 1.77. The van der Waals surface area contributed by atoms with Crippen molar-refractivity contribution >= 4 is 11.8 Å². The molecule has 1 aromatic heterocycles. The van der Waals surface area contributed by atoms with E-state index in [2.05, 4.69) is 50.5 Å². The summed E-state index contributed by atoms with van der Waals surface area (Å²) >= 11 is 0. The van der Waals surface area contributed by atoms with Gasteiger partial charge in [0.1, 0.15) is 5.82 Å². The molecule has 4 heteroatoms. The van der Waals surface area contributed by atoms with Crippen molar-refractivity contribution in [3.05, 3.63) is 47.2 Å². The zero-order chi connectivity index (χ0) is 14.4. The number of anilines is 2. The maximum Gasteiger partial charge on any atom is 0.224 e. The van der Waals surface area contributed by atoms with Gasteiger partial charge in [-0.3, -0.25) is 0 Å². The lowest BCUT2D eigenvalue weighted by atomic mass is 9.75. The SMILES string of the molecule is CNc1nc(C)cc(N2C[C@H]3CC[C@H]2c2ccccc23)n1. The fraction of sp³-hybridized carbons (Fsp3) is 0.412. The van der Waals surface area contributed by atoms with Crippen molar-refractivity contribution in [1.82, 2.24) is 9.97 Å². The predicted octanol–water partition coefficient (Wildman–Crippen LogP) is 3.27. The molecule has 0 spiro atoms. The van der Waals surface area contributed by atoms with E-state index in [-0.39, 0.29) is 0 Å². The number of benzene rings is 1. The van der Waals surface area contributed by atoms with Crippen LogP contribution in [0.1, 0.15) is 41.6 Å². The summed E-state index contributed by atoms with van der Waals surface area (Å²) in [5.41, 5.74) is 4.05. The van der Waals surface area contributed by atoms with Crippen molar-refractivity contribution in [2.24, 2.45) is 0 Å². The van der Waals surface area contributed by atoms with Crippen molar-refractivity contribution in [2.75, 3.05) is 23.8 Å². The number of aryl methyl sites for hydroxylation is 1. The van der Waals surface area contributed by atoms with Gasteiger partial charge in [-0.1, -0.05) is 24.3 Å². The summed E-state index contributed by atoms with van der Waals surface area (Å²) in [5.74, 6) is 2.40. The third kappa shape index (κ3) is 1.97. The molecule has 0 radical (unpaired) electrons. The van der Waals surface area contributed by atoms with E-state index in [9.17, 15) is 0 Å². The highest BCUT2D eigenvalue weighted by atomic mass is 15.3. The summed E-state index contributed by atoms with van der Waals surface area (Å²) in [5, 5.41) is 3.06. The largest absolute Gasteiger partial charge is 0.357 e. The smallest absolute Gasteiger partial charge is 0.224 e. The van der Waals surface area contributed by atoms with Crippen LogP contribution in [-0.2, 0) is 0 Å². The van der Waals surface area contributed by atoms with E-state index < -0.39 is 0 Å². The molecule has 21 heavy (non-hydrogen) atoms. The number of piperidine rings is 1. The Morgan fingerprint density at radius 3 is 2.76 bits per heavy atom. The Bertz CT molecular complexity index is 682. The van der Waals surface area contributed by atoms with E-state index in [4.69, 9.17) is 0 Å². The van der Waals surface area contributed by atoms with Crippen LogP contribution < -0.4 is 10.2 Å². The van der Waals surface area contributed by atoms with Crippen LogP contribution >= 0.6 is 0 Å². The first-order chi connectivity index (χ1) is 10.3. The third-order valence-electron chi connectivity index (χ3n) is 4.74. The number of aromatic nitrogens is 2. The van der Waals surface area contributed by atoms with Crippen LogP contribution in [0.5, 0.6) is 0 Å². The van der Waals surface area contributed by atoms with Gasteiger partial charge in [-0.05, 0) is 30.9 Å². The highest BCUT2D eigenvalue weighted by molar-refractivity contribution is 5.53. The highest BCUT2D eigenvalue weighted by Gasteiger charge is 2.38. The summed E-state index contributed by atoms with van der Waals surface area (Å²) < 4.78 is 0. The standard InChI is InChI=1S/C17H20N4/c1-11-9-16(20-17(18-2)19-11)21-10-12-7-8-15(21)14-6-4-3-5-13(12)14/h3-6,9,12,15H,7-8,10H2,1-2H3,(H,18,19,20)/t12-,15+/m1/s1. The lowest BCUT2D eigenvalue weighted by molar-refractivity contribution is 0.387. The molecule has 108 valence electrons. The zero-order valence-electron chi connectivity index (χ0n) is 12.5. The van der Waals surface area contributed by atoms with Gasteiger partial charge >= 0.3 is 0 Å². The summed E-state index contributed by atoms with van der Waals surface area (Å²) in [6.07, 6.45) is 2.51. The van der Waals surface area contributed by atoms with E-state index in [0.29, 0.717) is 17.9 Å². The number of hydrogen-bond acceptors (Lipinski definition) is 4. The van der Waals surface area contributed by atoms with E-state index in [0.717, 1.165) is 18.1 Å². The second kappa shape index (κ2) is 4.72. The lowest BCUT2D eigenvalue weighted by Gasteiger charge is -2.47. The summed E-state index contributed by atoms with van der Waals surface area (Å²) in [7, 11) is 1.87. The fourth-order valence-electron chi connectivity index (χ4n) is 3.80. The fourth-order valence-corrected chi connectivity index (χ4v) is 3.80. The molecule has 0 saturated carbocycles. The van der Waals surface area contributed by atoms with Crippen molar-refractivity contribution < 1.29 is 0 Å². The monoisotopic (exact) mass is 280 g/mol. The Morgan fingerprint density at radius 2 is 1.95 bits per heavy atom.